The monoisotopic (exact) mass is 555 g/mol. The lowest BCUT2D eigenvalue weighted by Gasteiger charge is -2.20. The molecule has 0 N–H and O–H groups in total. The summed E-state index contributed by atoms with van der Waals surface area (Å²) < 4.78 is 49.2. The zero-order valence-corrected chi connectivity index (χ0v) is 22.5. The van der Waals surface area contributed by atoms with Crippen LogP contribution in [-0.4, -0.2) is 42.3 Å². The van der Waals surface area contributed by atoms with Crippen LogP contribution in [0.1, 0.15) is 29.8 Å². The fourth-order valence-electron chi connectivity index (χ4n) is 3.88. The number of thiazole rings is 1. The van der Waals surface area contributed by atoms with Crippen molar-refractivity contribution < 1.29 is 27.1 Å². The molecule has 0 bridgehead atoms. The Morgan fingerprint density at radius 1 is 1.00 bits per heavy atom. The molecular formula is C27H26FN3O5S2. The second-order valence-electron chi connectivity index (χ2n) is 8.22. The summed E-state index contributed by atoms with van der Waals surface area (Å²) in [7, 11) is -3.80. The minimum Gasteiger partial charge on any atom is -0.465 e. The molecule has 4 aromatic rings. The number of ether oxygens (including phenoxy) is 1. The minimum absolute atomic E-state index is 0.0492. The van der Waals surface area contributed by atoms with Gasteiger partial charge in [-0.15, -0.1) is 0 Å². The third kappa shape index (κ3) is 5.90. The number of esters is 1. The van der Waals surface area contributed by atoms with E-state index in [9.17, 15) is 22.4 Å². The highest BCUT2D eigenvalue weighted by Gasteiger charge is 2.24. The summed E-state index contributed by atoms with van der Waals surface area (Å²) in [5, 5.41) is 0. The first-order chi connectivity index (χ1) is 18.2. The van der Waals surface area contributed by atoms with Gasteiger partial charge in [0.15, 0.2) is 4.80 Å². The number of carbonyl (C=O) groups excluding carboxylic acids is 2. The zero-order chi connectivity index (χ0) is 27.3. The second kappa shape index (κ2) is 11.8. The average Bonchev–Trinajstić information content (AvgIpc) is 3.25. The Kier molecular flexibility index (Phi) is 8.50. The van der Waals surface area contributed by atoms with Gasteiger partial charge in [-0.3, -0.25) is 9.59 Å². The molecule has 11 heteroatoms. The van der Waals surface area contributed by atoms with Crippen molar-refractivity contribution in [1.29, 1.82) is 0 Å². The Bertz CT molecular complexity index is 1630. The fourth-order valence-corrected chi connectivity index (χ4v) is 6.36. The zero-order valence-electron chi connectivity index (χ0n) is 20.8. The maximum absolute atomic E-state index is 14.6. The number of benzene rings is 3. The highest BCUT2D eigenvalue weighted by Crippen LogP contribution is 2.22. The van der Waals surface area contributed by atoms with E-state index >= 15 is 0 Å². The molecule has 0 radical (unpaired) electrons. The van der Waals surface area contributed by atoms with Crippen LogP contribution < -0.4 is 4.80 Å². The highest BCUT2D eigenvalue weighted by molar-refractivity contribution is 7.89. The maximum atomic E-state index is 14.6. The summed E-state index contributed by atoms with van der Waals surface area (Å²) in [6, 6.07) is 19.2. The number of amides is 1. The van der Waals surface area contributed by atoms with E-state index in [0.29, 0.717) is 4.70 Å². The number of hydrogen-bond acceptors (Lipinski definition) is 6. The predicted molar refractivity (Wildman–Crippen MR) is 142 cm³/mol. The molecule has 0 aliphatic heterocycles. The van der Waals surface area contributed by atoms with Crippen molar-refractivity contribution in [2.75, 3.05) is 13.2 Å². The van der Waals surface area contributed by atoms with Gasteiger partial charge in [0.1, 0.15) is 12.4 Å². The molecular weight excluding hydrogens is 529 g/mol. The van der Waals surface area contributed by atoms with Crippen molar-refractivity contribution in [3.8, 4) is 0 Å². The molecule has 1 heterocycles. The molecule has 8 nitrogen and oxygen atoms in total. The van der Waals surface area contributed by atoms with E-state index in [1.807, 2.05) is 30.3 Å². The van der Waals surface area contributed by atoms with E-state index in [2.05, 4.69) is 4.99 Å². The Morgan fingerprint density at radius 3 is 2.37 bits per heavy atom. The van der Waals surface area contributed by atoms with Crippen LogP contribution in [-0.2, 0) is 32.6 Å². The normalized spacial score (nSPS) is 12.3. The molecule has 38 heavy (non-hydrogen) atoms. The third-order valence-electron chi connectivity index (χ3n) is 5.74. The number of para-hydroxylation sites is 1. The van der Waals surface area contributed by atoms with Gasteiger partial charge in [0.2, 0.25) is 10.0 Å². The first-order valence-electron chi connectivity index (χ1n) is 11.9. The van der Waals surface area contributed by atoms with Crippen molar-refractivity contribution in [3.63, 3.8) is 0 Å². The Morgan fingerprint density at radius 2 is 1.71 bits per heavy atom. The molecule has 1 amide bonds. The molecule has 0 unspecified atom stereocenters. The number of halogens is 1. The summed E-state index contributed by atoms with van der Waals surface area (Å²) in [6.07, 6.45) is 0. The van der Waals surface area contributed by atoms with E-state index in [0.717, 1.165) is 16.9 Å². The van der Waals surface area contributed by atoms with Gasteiger partial charge in [-0.05, 0) is 48.9 Å². The molecule has 3 aromatic carbocycles. The minimum atomic E-state index is -3.80. The van der Waals surface area contributed by atoms with Crippen LogP contribution in [0.5, 0.6) is 0 Å². The van der Waals surface area contributed by atoms with Crippen molar-refractivity contribution in [3.05, 3.63) is 94.5 Å². The van der Waals surface area contributed by atoms with Gasteiger partial charge in [-0.25, -0.2) is 12.8 Å². The maximum Gasteiger partial charge on any atom is 0.326 e. The summed E-state index contributed by atoms with van der Waals surface area (Å²) >= 11 is 1.06. The average molecular weight is 556 g/mol. The number of rotatable bonds is 9. The van der Waals surface area contributed by atoms with E-state index in [1.54, 1.807) is 19.9 Å². The van der Waals surface area contributed by atoms with Gasteiger partial charge in [0.05, 0.1) is 21.7 Å². The molecule has 0 saturated heterocycles. The molecule has 0 saturated carbocycles. The largest absolute Gasteiger partial charge is 0.465 e. The van der Waals surface area contributed by atoms with Crippen LogP contribution in [0.4, 0.5) is 4.39 Å². The van der Waals surface area contributed by atoms with Gasteiger partial charge in [-0.1, -0.05) is 54.7 Å². The van der Waals surface area contributed by atoms with Crippen molar-refractivity contribution >= 4 is 43.5 Å². The number of sulfonamides is 1. The first kappa shape index (κ1) is 27.4. The van der Waals surface area contributed by atoms with Crippen LogP contribution in [0.25, 0.3) is 10.2 Å². The van der Waals surface area contributed by atoms with Crippen LogP contribution in [0, 0.1) is 5.82 Å². The molecule has 0 spiro atoms. The standard InChI is InChI=1S/C27H26FN3O5S2/c1-3-30(17-19-9-6-5-7-10-19)38(34,35)21-15-13-20(14-16-21)26(33)29-27-31(18-24(32)36-4-2)25-22(28)11-8-12-23(25)37-27/h5-16H,3-4,17-18H2,1-2H3. The van der Waals surface area contributed by atoms with Crippen LogP contribution in [0.15, 0.2) is 82.7 Å². The van der Waals surface area contributed by atoms with Crippen molar-refractivity contribution in [2.24, 2.45) is 4.99 Å². The van der Waals surface area contributed by atoms with Gasteiger partial charge in [-0.2, -0.15) is 9.30 Å². The molecule has 0 aliphatic rings. The molecule has 198 valence electrons. The lowest BCUT2D eigenvalue weighted by Crippen LogP contribution is -2.30. The molecule has 0 atom stereocenters. The van der Waals surface area contributed by atoms with Crippen LogP contribution in [0.3, 0.4) is 0 Å². The Labute approximate surface area is 223 Å². The Balaban J connectivity index is 1.64. The smallest absolute Gasteiger partial charge is 0.326 e. The van der Waals surface area contributed by atoms with E-state index in [1.165, 1.54) is 45.3 Å². The fraction of sp³-hybridized carbons (Fsp3) is 0.222. The topological polar surface area (TPSA) is 98.0 Å². The number of carbonyl (C=O) groups is 2. The molecule has 1 aromatic heterocycles. The Hall–Kier alpha value is -3.67. The van der Waals surface area contributed by atoms with E-state index in [-0.39, 0.29) is 47.0 Å². The lowest BCUT2D eigenvalue weighted by molar-refractivity contribution is -0.143. The summed E-state index contributed by atoms with van der Waals surface area (Å²) in [6.45, 7) is 3.76. The first-order valence-corrected chi connectivity index (χ1v) is 14.2. The van der Waals surface area contributed by atoms with Crippen molar-refractivity contribution in [2.45, 2.75) is 31.8 Å². The van der Waals surface area contributed by atoms with Crippen LogP contribution in [0.2, 0.25) is 0 Å². The lowest BCUT2D eigenvalue weighted by atomic mass is 10.2. The van der Waals surface area contributed by atoms with Crippen molar-refractivity contribution in [1.82, 2.24) is 8.87 Å². The van der Waals surface area contributed by atoms with Gasteiger partial charge in [0.25, 0.3) is 5.91 Å². The number of nitrogens with zero attached hydrogens (tertiary/aromatic N) is 3. The van der Waals surface area contributed by atoms with Gasteiger partial charge < -0.3 is 9.30 Å². The predicted octanol–water partition coefficient (Wildman–Crippen LogP) is 4.36. The number of aromatic nitrogens is 1. The van der Waals surface area contributed by atoms with E-state index in [4.69, 9.17) is 4.74 Å². The van der Waals surface area contributed by atoms with Gasteiger partial charge in [0, 0.05) is 18.7 Å². The third-order valence-corrected chi connectivity index (χ3v) is 8.71. The molecule has 0 aliphatic carbocycles. The molecule has 0 fully saturated rings. The summed E-state index contributed by atoms with van der Waals surface area (Å²) in [4.78, 5) is 29.4. The number of hydrogen-bond donors (Lipinski definition) is 0. The van der Waals surface area contributed by atoms with E-state index < -0.39 is 27.7 Å². The second-order valence-corrected chi connectivity index (χ2v) is 11.2. The summed E-state index contributed by atoms with van der Waals surface area (Å²) in [5.74, 6) is -1.80. The summed E-state index contributed by atoms with van der Waals surface area (Å²) in [5.41, 5.74) is 1.16. The molecule has 4 rings (SSSR count). The number of fused-ring (bicyclic) bond motifs is 1. The van der Waals surface area contributed by atoms with Crippen LogP contribution >= 0.6 is 11.3 Å². The van der Waals surface area contributed by atoms with Gasteiger partial charge >= 0.3 is 5.97 Å². The SMILES string of the molecule is CCOC(=O)Cn1c(=NC(=O)c2ccc(S(=O)(=O)N(CC)Cc3ccccc3)cc2)sc2cccc(F)c21. The quantitative estimate of drug-likeness (QED) is 0.286. The highest BCUT2D eigenvalue weighted by atomic mass is 32.2.